The Bertz CT molecular complexity index is 312. The average molecular weight is 269 g/mol. The van der Waals surface area contributed by atoms with Gasteiger partial charge in [0.25, 0.3) is 0 Å². The SMILES string of the molecule is CC(C)(C)CCNC(=O)C1CCC(CC(=O)O)CC1. The van der Waals surface area contributed by atoms with E-state index in [4.69, 9.17) is 5.11 Å². The zero-order valence-electron chi connectivity index (χ0n) is 12.4. The second-order valence-electron chi connectivity index (χ2n) is 6.92. The molecule has 0 bridgehead atoms. The molecule has 0 saturated heterocycles. The number of carboxylic acid groups (broad SMARTS) is 1. The highest BCUT2D eigenvalue weighted by molar-refractivity contribution is 5.78. The highest BCUT2D eigenvalue weighted by atomic mass is 16.4. The molecule has 1 rings (SSSR count). The number of hydrogen-bond acceptors (Lipinski definition) is 2. The molecule has 4 nitrogen and oxygen atoms in total. The summed E-state index contributed by atoms with van der Waals surface area (Å²) in [6.45, 7) is 7.22. The molecule has 4 heteroatoms. The van der Waals surface area contributed by atoms with Crippen molar-refractivity contribution in [2.75, 3.05) is 6.54 Å². The van der Waals surface area contributed by atoms with Crippen molar-refractivity contribution in [1.82, 2.24) is 5.32 Å². The maximum atomic E-state index is 12.0. The van der Waals surface area contributed by atoms with E-state index in [9.17, 15) is 9.59 Å². The zero-order chi connectivity index (χ0) is 14.5. The fraction of sp³-hybridized carbons (Fsp3) is 0.867. The number of hydrogen-bond donors (Lipinski definition) is 2. The van der Waals surface area contributed by atoms with Crippen LogP contribution in [0.15, 0.2) is 0 Å². The summed E-state index contributed by atoms with van der Waals surface area (Å²) in [5.41, 5.74) is 0.242. The van der Waals surface area contributed by atoms with Crippen molar-refractivity contribution in [3.63, 3.8) is 0 Å². The normalized spacial score (nSPS) is 23.9. The summed E-state index contributed by atoms with van der Waals surface area (Å²) >= 11 is 0. The average Bonchev–Trinajstić information content (AvgIpc) is 2.27. The van der Waals surface area contributed by atoms with Gasteiger partial charge >= 0.3 is 5.97 Å². The minimum atomic E-state index is -0.724. The van der Waals surface area contributed by atoms with Gasteiger partial charge in [-0.15, -0.1) is 0 Å². The van der Waals surface area contributed by atoms with Crippen LogP contribution in [0.4, 0.5) is 0 Å². The summed E-state index contributed by atoms with van der Waals surface area (Å²) in [6, 6.07) is 0. The molecule has 0 aromatic rings. The fourth-order valence-corrected chi connectivity index (χ4v) is 2.58. The van der Waals surface area contributed by atoms with Crippen LogP contribution in [0.5, 0.6) is 0 Å². The fourth-order valence-electron chi connectivity index (χ4n) is 2.58. The molecule has 110 valence electrons. The van der Waals surface area contributed by atoms with Crippen LogP contribution in [0.2, 0.25) is 0 Å². The molecular weight excluding hydrogens is 242 g/mol. The predicted octanol–water partition coefficient (Wildman–Crippen LogP) is 2.82. The minimum absolute atomic E-state index is 0.0880. The predicted molar refractivity (Wildman–Crippen MR) is 74.8 cm³/mol. The maximum Gasteiger partial charge on any atom is 0.303 e. The number of rotatable bonds is 5. The summed E-state index contributed by atoms with van der Waals surface area (Å²) in [7, 11) is 0. The van der Waals surface area contributed by atoms with Crippen LogP contribution in [0, 0.1) is 17.3 Å². The van der Waals surface area contributed by atoms with Crippen molar-refractivity contribution >= 4 is 11.9 Å². The maximum absolute atomic E-state index is 12.0. The summed E-state index contributed by atoms with van der Waals surface area (Å²) < 4.78 is 0. The lowest BCUT2D eigenvalue weighted by molar-refractivity contribution is -0.138. The van der Waals surface area contributed by atoms with Gasteiger partial charge in [0.15, 0.2) is 0 Å². The van der Waals surface area contributed by atoms with Crippen LogP contribution < -0.4 is 5.32 Å². The second kappa shape index (κ2) is 6.92. The van der Waals surface area contributed by atoms with Crippen LogP contribution in [-0.2, 0) is 9.59 Å². The van der Waals surface area contributed by atoms with E-state index < -0.39 is 5.97 Å². The molecule has 1 amide bonds. The van der Waals surface area contributed by atoms with E-state index in [1.807, 2.05) is 0 Å². The Morgan fingerprint density at radius 2 is 1.74 bits per heavy atom. The van der Waals surface area contributed by atoms with Gasteiger partial charge in [-0.1, -0.05) is 20.8 Å². The number of nitrogens with one attached hydrogen (secondary N) is 1. The van der Waals surface area contributed by atoms with Crippen LogP contribution in [0.1, 0.15) is 59.3 Å². The molecule has 0 heterocycles. The first-order chi connectivity index (χ1) is 8.78. The van der Waals surface area contributed by atoms with Gasteiger partial charge in [0.1, 0.15) is 0 Å². The zero-order valence-corrected chi connectivity index (χ0v) is 12.4. The topological polar surface area (TPSA) is 66.4 Å². The Hall–Kier alpha value is -1.06. The lowest BCUT2D eigenvalue weighted by atomic mass is 9.80. The smallest absolute Gasteiger partial charge is 0.303 e. The first-order valence-electron chi connectivity index (χ1n) is 7.27. The molecule has 0 unspecified atom stereocenters. The Balaban J connectivity index is 2.23. The molecule has 0 radical (unpaired) electrons. The van der Waals surface area contributed by atoms with E-state index in [0.717, 1.165) is 38.6 Å². The van der Waals surface area contributed by atoms with E-state index in [1.54, 1.807) is 0 Å². The third-order valence-electron chi connectivity index (χ3n) is 3.86. The largest absolute Gasteiger partial charge is 0.481 e. The van der Waals surface area contributed by atoms with Crippen molar-refractivity contribution < 1.29 is 14.7 Å². The molecule has 0 atom stereocenters. The summed E-state index contributed by atoms with van der Waals surface area (Å²) in [6.07, 6.45) is 4.62. The minimum Gasteiger partial charge on any atom is -0.481 e. The summed E-state index contributed by atoms with van der Waals surface area (Å²) in [5, 5.41) is 11.8. The molecule has 1 aliphatic carbocycles. The molecule has 0 spiro atoms. The molecular formula is C15H27NO3. The molecule has 2 N–H and O–H groups in total. The highest BCUT2D eigenvalue weighted by Gasteiger charge is 2.27. The van der Waals surface area contributed by atoms with Crippen LogP contribution >= 0.6 is 0 Å². The van der Waals surface area contributed by atoms with E-state index in [-0.39, 0.29) is 29.6 Å². The van der Waals surface area contributed by atoms with Crippen molar-refractivity contribution in [1.29, 1.82) is 0 Å². The lowest BCUT2D eigenvalue weighted by Gasteiger charge is -2.27. The van der Waals surface area contributed by atoms with E-state index in [2.05, 4.69) is 26.1 Å². The number of carboxylic acids is 1. The van der Waals surface area contributed by atoms with E-state index >= 15 is 0 Å². The third-order valence-corrected chi connectivity index (χ3v) is 3.86. The molecule has 1 saturated carbocycles. The Morgan fingerprint density at radius 3 is 2.21 bits per heavy atom. The van der Waals surface area contributed by atoms with Gasteiger partial charge < -0.3 is 10.4 Å². The third kappa shape index (κ3) is 6.60. The van der Waals surface area contributed by atoms with Gasteiger partial charge in [0, 0.05) is 18.9 Å². The number of amides is 1. The number of carbonyl (C=O) groups is 2. The van der Waals surface area contributed by atoms with Gasteiger partial charge in [0.05, 0.1) is 0 Å². The van der Waals surface area contributed by atoms with Crippen LogP contribution in [0.3, 0.4) is 0 Å². The Labute approximate surface area is 116 Å². The first kappa shape index (κ1) is 16.0. The molecule has 0 aromatic heterocycles. The van der Waals surface area contributed by atoms with Crippen molar-refractivity contribution in [2.45, 2.75) is 59.3 Å². The Kier molecular flexibility index (Phi) is 5.83. The van der Waals surface area contributed by atoms with Gasteiger partial charge in [-0.05, 0) is 43.4 Å². The molecule has 0 aliphatic heterocycles. The van der Waals surface area contributed by atoms with E-state index in [1.165, 1.54) is 0 Å². The molecule has 0 aromatic carbocycles. The summed E-state index contributed by atoms with van der Waals surface area (Å²) in [5.74, 6) is -0.225. The van der Waals surface area contributed by atoms with Crippen molar-refractivity contribution in [2.24, 2.45) is 17.3 Å². The van der Waals surface area contributed by atoms with Crippen molar-refractivity contribution in [3.8, 4) is 0 Å². The van der Waals surface area contributed by atoms with Gasteiger partial charge in [-0.25, -0.2) is 0 Å². The molecule has 1 aliphatic rings. The van der Waals surface area contributed by atoms with Crippen LogP contribution in [-0.4, -0.2) is 23.5 Å². The number of aliphatic carboxylic acids is 1. The Morgan fingerprint density at radius 1 is 1.16 bits per heavy atom. The van der Waals surface area contributed by atoms with Gasteiger partial charge in [-0.3, -0.25) is 9.59 Å². The van der Waals surface area contributed by atoms with Crippen LogP contribution in [0.25, 0.3) is 0 Å². The van der Waals surface area contributed by atoms with E-state index in [0.29, 0.717) is 0 Å². The quantitative estimate of drug-likeness (QED) is 0.806. The molecule has 1 fully saturated rings. The van der Waals surface area contributed by atoms with Gasteiger partial charge in [0.2, 0.25) is 5.91 Å². The van der Waals surface area contributed by atoms with Crippen molar-refractivity contribution in [3.05, 3.63) is 0 Å². The second-order valence-corrected chi connectivity index (χ2v) is 6.92. The lowest BCUT2D eigenvalue weighted by Crippen LogP contribution is -2.35. The monoisotopic (exact) mass is 269 g/mol. The summed E-state index contributed by atoms with van der Waals surface area (Å²) in [4.78, 5) is 22.6. The van der Waals surface area contributed by atoms with Gasteiger partial charge in [-0.2, -0.15) is 0 Å². The first-order valence-corrected chi connectivity index (χ1v) is 7.27. The standard InChI is InChI=1S/C15H27NO3/c1-15(2,3)8-9-16-14(19)12-6-4-11(5-7-12)10-13(17)18/h11-12H,4-10H2,1-3H3,(H,16,19)(H,17,18). The number of carbonyl (C=O) groups excluding carboxylic acids is 1. The highest BCUT2D eigenvalue weighted by Crippen LogP contribution is 2.31. The molecule has 19 heavy (non-hydrogen) atoms.